The van der Waals surface area contributed by atoms with Crippen molar-refractivity contribution in [3.8, 4) is 0 Å². The van der Waals surface area contributed by atoms with Gasteiger partial charge in [0.1, 0.15) is 0 Å². The number of alkyl halides is 3. The predicted octanol–water partition coefficient (Wildman–Crippen LogP) is 3.15. The minimum atomic E-state index is -4.50. The number of rotatable bonds is 4. The molecule has 0 N–H and O–H groups in total. The zero-order valence-corrected chi connectivity index (χ0v) is 10.5. The van der Waals surface area contributed by atoms with Crippen LogP contribution in [0.25, 0.3) is 0 Å². The summed E-state index contributed by atoms with van der Waals surface area (Å²) < 4.78 is 42.4. The predicted molar refractivity (Wildman–Crippen MR) is 61.8 cm³/mol. The van der Waals surface area contributed by atoms with Gasteiger partial charge in [0, 0.05) is 12.0 Å². The molecule has 0 aromatic heterocycles. The number of hydrogen-bond donors (Lipinski definition) is 0. The average molecular weight is 274 g/mol. The molecule has 1 aromatic rings. The molecule has 0 radical (unpaired) electrons. The quantitative estimate of drug-likeness (QED) is 0.625. The first-order valence-electron chi connectivity index (χ1n) is 5.53. The first-order valence-corrected chi connectivity index (χ1v) is 5.53. The summed E-state index contributed by atoms with van der Waals surface area (Å²) >= 11 is 0. The second-order valence-electron chi connectivity index (χ2n) is 4.03. The molecule has 0 atom stereocenters. The van der Waals surface area contributed by atoms with Crippen molar-refractivity contribution < 1.29 is 27.5 Å². The molecule has 104 valence electrons. The van der Waals surface area contributed by atoms with Gasteiger partial charge in [0.25, 0.3) is 0 Å². The molecule has 0 aliphatic heterocycles. The van der Waals surface area contributed by atoms with Crippen LogP contribution in [-0.2, 0) is 15.7 Å². The lowest BCUT2D eigenvalue weighted by Crippen LogP contribution is -2.11. The van der Waals surface area contributed by atoms with Gasteiger partial charge in [0.15, 0.2) is 5.78 Å². The van der Waals surface area contributed by atoms with Gasteiger partial charge < -0.3 is 4.74 Å². The normalized spacial score (nSPS) is 11.2. The monoisotopic (exact) mass is 274 g/mol. The van der Waals surface area contributed by atoms with Gasteiger partial charge in [-0.15, -0.1) is 0 Å². The number of esters is 1. The van der Waals surface area contributed by atoms with E-state index in [1.165, 1.54) is 26.2 Å². The van der Waals surface area contributed by atoms with E-state index in [1.807, 2.05) is 0 Å². The summed E-state index contributed by atoms with van der Waals surface area (Å²) in [7, 11) is 1.18. The number of benzene rings is 1. The third kappa shape index (κ3) is 4.08. The average Bonchev–Trinajstić information content (AvgIpc) is 2.34. The lowest BCUT2D eigenvalue weighted by atomic mass is 10.00. The van der Waals surface area contributed by atoms with E-state index in [1.54, 1.807) is 0 Å². The molecule has 0 fully saturated rings. The van der Waals surface area contributed by atoms with Gasteiger partial charge in [0.05, 0.1) is 19.1 Å². The molecule has 0 saturated heterocycles. The van der Waals surface area contributed by atoms with Gasteiger partial charge in [0.2, 0.25) is 0 Å². The van der Waals surface area contributed by atoms with Crippen molar-refractivity contribution in [2.45, 2.75) is 25.9 Å². The van der Waals surface area contributed by atoms with Crippen LogP contribution in [0.5, 0.6) is 0 Å². The van der Waals surface area contributed by atoms with E-state index in [2.05, 4.69) is 4.74 Å². The van der Waals surface area contributed by atoms with Crippen LogP contribution in [0.4, 0.5) is 13.2 Å². The third-order valence-corrected chi connectivity index (χ3v) is 2.65. The summed E-state index contributed by atoms with van der Waals surface area (Å²) in [5.41, 5.74) is -0.838. The first-order chi connectivity index (χ1) is 8.75. The van der Waals surface area contributed by atoms with Gasteiger partial charge in [-0.1, -0.05) is 12.1 Å². The van der Waals surface area contributed by atoms with E-state index in [4.69, 9.17) is 0 Å². The fourth-order valence-electron chi connectivity index (χ4n) is 1.56. The van der Waals surface area contributed by atoms with E-state index in [-0.39, 0.29) is 24.0 Å². The Morgan fingerprint density at radius 1 is 1.21 bits per heavy atom. The number of carbonyl (C=O) groups excluding carboxylic acids is 2. The van der Waals surface area contributed by atoms with Crippen LogP contribution in [0, 0.1) is 6.92 Å². The summed E-state index contributed by atoms with van der Waals surface area (Å²) in [6.45, 7) is 1.32. The Hall–Kier alpha value is -1.85. The fraction of sp³-hybridized carbons (Fsp3) is 0.385. The van der Waals surface area contributed by atoms with Gasteiger partial charge in [-0.05, 0) is 18.6 Å². The van der Waals surface area contributed by atoms with Gasteiger partial charge in [-0.2, -0.15) is 13.2 Å². The number of aryl methyl sites for hydroxylation is 1. The zero-order chi connectivity index (χ0) is 14.6. The van der Waals surface area contributed by atoms with Gasteiger partial charge in [-0.3, -0.25) is 9.59 Å². The van der Waals surface area contributed by atoms with Crippen LogP contribution < -0.4 is 0 Å². The topological polar surface area (TPSA) is 43.4 Å². The Kier molecular flexibility index (Phi) is 4.69. The van der Waals surface area contributed by atoms with Crippen LogP contribution in [-0.4, -0.2) is 18.9 Å². The molecule has 1 aromatic carbocycles. The Balaban J connectivity index is 2.90. The minimum Gasteiger partial charge on any atom is -0.469 e. The zero-order valence-electron chi connectivity index (χ0n) is 10.5. The molecule has 19 heavy (non-hydrogen) atoms. The standard InChI is InChI=1S/C13H13F3O3/c1-8-3-4-9(7-10(8)13(14,15)16)11(17)5-6-12(18)19-2/h3-4,7H,5-6H2,1-2H3. The number of carbonyl (C=O) groups is 2. The molecule has 1 rings (SSSR count). The maximum Gasteiger partial charge on any atom is 0.416 e. The van der Waals surface area contributed by atoms with E-state index < -0.39 is 23.5 Å². The van der Waals surface area contributed by atoms with Crippen molar-refractivity contribution in [3.05, 3.63) is 34.9 Å². The highest BCUT2D eigenvalue weighted by atomic mass is 19.4. The third-order valence-electron chi connectivity index (χ3n) is 2.65. The molecular weight excluding hydrogens is 261 g/mol. The number of Topliss-reactive ketones (excluding diaryl/α,β-unsaturated/α-hetero) is 1. The van der Waals surface area contributed by atoms with Crippen LogP contribution >= 0.6 is 0 Å². The molecule has 0 aliphatic rings. The van der Waals surface area contributed by atoms with Crippen molar-refractivity contribution in [3.63, 3.8) is 0 Å². The van der Waals surface area contributed by atoms with E-state index in [0.717, 1.165) is 6.07 Å². The lowest BCUT2D eigenvalue weighted by Gasteiger charge is -2.11. The SMILES string of the molecule is COC(=O)CCC(=O)c1ccc(C)c(C(F)(F)F)c1. The van der Waals surface area contributed by atoms with E-state index in [0.29, 0.717) is 0 Å². The van der Waals surface area contributed by atoms with Gasteiger partial charge in [-0.25, -0.2) is 0 Å². The summed E-state index contributed by atoms with van der Waals surface area (Å²) in [6, 6.07) is 3.38. The van der Waals surface area contributed by atoms with Crippen molar-refractivity contribution in [2.24, 2.45) is 0 Å². The smallest absolute Gasteiger partial charge is 0.416 e. The minimum absolute atomic E-state index is 0.0528. The van der Waals surface area contributed by atoms with Crippen molar-refractivity contribution in [1.29, 1.82) is 0 Å². The van der Waals surface area contributed by atoms with Crippen LogP contribution in [0.15, 0.2) is 18.2 Å². The van der Waals surface area contributed by atoms with E-state index >= 15 is 0 Å². The number of halogens is 3. The second-order valence-corrected chi connectivity index (χ2v) is 4.03. The van der Waals surface area contributed by atoms with Crippen LogP contribution in [0.1, 0.15) is 34.3 Å². The Bertz CT molecular complexity index is 492. The summed E-state index contributed by atoms with van der Waals surface area (Å²) in [6.07, 6.45) is -4.82. The highest BCUT2D eigenvalue weighted by molar-refractivity contribution is 5.97. The van der Waals surface area contributed by atoms with Crippen LogP contribution in [0.3, 0.4) is 0 Å². The molecule has 0 saturated carbocycles. The molecule has 0 unspecified atom stereocenters. The molecule has 0 bridgehead atoms. The first kappa shape index (κ1) is 15.2. The van der Waals surface area contributed by atoms with Crippen molar-refractivity contribution in [1.82, 2.24) is 0 Å². The van der Waals surface area contributed by atoms with Crippen molar-refractivity contribution in [2.75, 3.05) is 7.11 Å². The number of hydrogen-bond acceptors (Lipinski definition) is 3. The molecule has 3 nitrogen and oxygen atoms in total. The highest BCUT2D eigenvalue weighted by Gasteiger charge is 2.32. The molecule has 0 spiro atoms. The summed E-state index contributed by atoms with van der Waals surface area (Å²) in [4.78, 5) is 22.6. The number of ketones is 1. The second kappa shape index (κ2) is 5.86. The largest absolute Gasteiger partial charge is 0.469 e. The maximum atomic E-state index is 12.7. The lowest BCUT2D eigenvalue weighted by molar-refractivity contribution is -0.140. The fourth-order valence-corrected chi connectivity index (χ4v) is 1.56. The summed E-state index contributed by atoms with van der Waals surface area (Å²) in [5, 5.41) is 0. The van der Waals surface area contributed by atoms with Gasteiger partial charge >= 0.3 is 12.1 Å². The number of methoxy groups -OCH3 is 1. The Morgan fingerprint density at radius 2 is 1.84 bits per heavy atom. The molecule has 0 aliphatic carbocycles. The van der Waals surface area contributed by atoms with E-state index in [9.17, 15) is 22.8 Å². The number of ether oxygens (including phenoxy) is 1. The Labute approximate surface area is 108 Å². The molecule has 0 amide bonds. The molecule has 6 heteroatoms. The highest BCUT2D eigenvalue weighted by Crippen LogP contribution is 2.32. The maximum absolute atomic E-state index is 12.7. The Morgan fingerprint density at radius 3 is 2.37 bits per heavy atom. The summed E-state index contributed by atoms with van der Waals surface area (Å²) in [5.74, 6) is -1.09. The molecular formula is C13H13F3O3. The van der Waals surface area contributed by atoms with Crippen LogP contribution in [0.2, 0.25) is 0 Å². The molecule has 0 heterocycles. The van der Waals surface area contributed by atoms with Crippen molar-refractivity contribution >= 4 is 11.8 Å².